The summed E-state index contributed by atoms with van der Waals surface area (Å²) in [6.07, 6.45) is 0. The second-order valence-electron chi connectivity index (χ2n) is 4.58. The third-order valence-electron chi connectivity index (χ3n) is 3.58. The van der Waals surface area contributed by atoms with Gasteiger partial charge in [0, 0.05) is 23.6 Å². The van der Waals surface area contributed by atoms with Crippen molar-refractivity contribution in [3.63, 3.8) is 0 Å². The first kappa shape index (κ1) is 13.8. The van der Waals surface area contributed by atoms with E-state index < -0.39 is 5.82 Å². The van der Waals surface area contributed by atoms with Crippen LogP contribution in [-0.4, -0.2) is 25.0 Å². The van der Waals surface area contributed by atoms with Crippen molar-refractivity contribution in [2.24, 2.45) is 11.8 Å². The summed E-state index contributed by atoms with van der Waals surface area (Å²) in [5.41, 5.74) is 0.102. The molecule has 98 valence electrons. The van der Waals surface area contributed by atoms with Crippen LogP contribution in [0.4, 0.5) is 4.39 Å². The average molecular weight is 336 g/mol. The van der Waals surface area contributed by atoms with Crippen molar-refractivity contribution >= 4 is 34.2 Å². The minimum Gasteiger partial charge on any atom is -0.348 e. The third-order valence-corrected chi connectivity index (χ3v) is 4.24. The summed E-state index contributed by atoms with van der Waals surface area (Å²) in [4.78, 5) is 12.0. The molecule has 18 heavy (non-hydrogen) atoms. The molecule has 0 bridgehead atoms. The second kappa shape index (κ2) is 5.15. The minimum atomic E-state index is -0.485. The lowest BCUT2D eigenvalue weighted by Gasteiger charge is -2.09. The zero-order valence-corrected chi connectivity index (χ0v) is 11.9. The summed E-state index contributed by atoms with van der Waals surface area (Å²) in [6.45, 7) is 1.90. The van der Waals surface area contributed by atoms with E-state index in [1.165, 1.54) is 6.07 Å². The smallest absolute Gasteiger partial charge is 0.255 e. The van der Waals surface area contributed by atoms with Crippen molar-refractivity contribution in [2.75, 3.05) is 13.1 Å². The molecule has 1 aromatic rings. The van der Waals surface area contributed by atoms with Crippen molar-refractivity contribution in [3.05, 3.63) is 34.1 Å². The van der Waals surface area contributed by atoms with Gasteiger partial charge >= 0.3 is 0 Å². The number of amides is 1. The third kappa shape index (κ3) is 2.27. The highest BCUT2D eigenvalue weighted by Crippen LogP contribution is 2.41. The van der Waals surface area contributed by atoms with E-state index >= 15 is 0 Å². The maximum Gasteiger partial charge on any atom is 0.255 e. The number of benzene rings is 1. The molecule has 2 N–H and O–H groups in total. The van der Waals surface area contributed by atoms with Gasteiger partial charge in [0.1, 0.15) is 5.82 Å². The highest BCUT2D eigenvalue weighted by Gasteiger charge is 2.53. The van der Waals surface area contributed by atoms with Gasteiger partial charge < -0.3 is 10.6 Å². The molecule has 1 aliphatic heterocycles. The average Bonchev–Trinajstić information content (AvgIpc) is 2.74. The van der Waals surface area contributed by atoms with Crippen molar-refractivity contribution in [3.8, 4) is 0 Å². The monoisotopic (exact) mass is 334 g/mol. The normalized spacial score (nSPS) is 28.2. The van der Waals surface area contributed by atoms with Crippen molar-refractivity contribution < 1.29 is 9.18 Å². The molecule has 6 heteroatoms. The topological polar surface area (TPSA) is 41.1 Å². The van der Waals surface area contributed by atoms with E-state index in [9.17, 15) is 9.18 Å². The van der Waals surface area contributed by atoms with Crippen LogP contribution < -0.4 is 10.6 Å². The van der Waals surface area contributed by atoms with Gasteiger partial charge in [0.2, 0.25) is 0 Å². The van der Waals surface area contributed by atoms with E-state index in [1.54, 1.807) is 12.1 Å². The summed E-state index contributed by atoms with van der Waals surface area (Å²) in [7, 11) is 0. The molecule has 3 nitrogen and oxygen atoms in total. The Kier molecular flexibility index (Phi) is 3.94. The summed E-state index contributed by atoms with van der Waals surface area (Å²) < 4.78 is 14.1. The molecule has 1 saturated heterocycles. The van der Waals surface area contributed by atoms with Crippen molar-refractivity contribution in [1.82, 2.24) is 10.6 Å². The van der Waals surface area contributed by atoms with Crippen LogP contribution in [0.1, 0.15) is 10.4 Å². The molecule has 1 aliphatic carbocycles. The Hall–Kier alpha value is -0.650. The lowest BCUT2D eigenvalue weighted by molar-refractivity contribution is 0.0941. The molecule has 1 amide bonds. The number of halogens is 3. The molecule has 2 fully saturated rings. The highest BCUT2D eigenvalue weighted by atomic mass is 79.9. The zero-order chi connectivity index (χ0) is 12.0. The highest BCUT2D eigenvalue weighted by molar-refractivity contribution is 9.10. The van der Waals surface area contributed by atoms with E-state index in [0.717, 1.165) is 13.1 Å². The number of carbonyl (C=O) groups is 1. The van der Waals surface area contributed by atoms with E-state index in [-0.39, 0.29) is 29.9 Å². The number of fused-ring (bicyclic) bond motifs is 1. The first-order valence-electron chi connectivity index (χ1n) is 5.64. The van der Waals surface area contributed by atoms with Crippen molar-refractivity contribution in [2.45, 2.75) is 6.04 Å². The van der Waals surface area contributed by atoms with E-state index in [2.05, 4.69) is 26.6 Å². The Labute approximate surface area is 119 Å². The molecular formula is C12H13BrClFN2O. The molecular weight excluding hydrogens is 322 g/mol. The van der Waals surface area contributed by atoms with Crippen LogP contribution in [0.2, 0.25) is 0 Å². The molecule has 1 aromatic carbocycles. The molecule has 2 unspecified atom stereocenters. The fourth-order valence-corrected chi connectivity index (χ4v) is 3.09. The summed E-state index contributed by atoms with van der Waals surface area (Å²) >= 11 is 3.21. The number of rotatable bonds is 2. The van der Waals surface area contributed by atoms with Gasteiger partial charge in [-0.15, -0.1) is 12.4 Å². The van der Waals surface area contributed by atoms with Crippen LogP contribution in [-0.2, 0) is 0 Å². The molecule has 2 aliphatic rings. The number of hydrogen-bond acceptors (Lipinski definition) is 2. The van der Waals surface area contributed by atoms with Crippen LogP contribution in [0.25, 0.3) is 0 Å². The molecule has 0 aromatic heterocycles. The number of piperidine rings is 1. The predicted molar refractivity (Wildman–Crippen MR) is 72.5 cm³/mol. The van der Waals surface area contributed by atoms with Gasteiger partial charge in [-0.2, -0.15) is 0 Å². The van der Waals surface area contributed by atoms with Gasteiger partial charge in [-0.1, -0.05) is 6.07 Å². The Morgan fingerprint density at radius 1 is 1.39 bits per heavy atom. The van der Waals surface area contributed by atoms with Gasteiger partial charge in [0.25, 0.3) is 5.91 Å². The SMILES string of the molecule is Cl.O=C(NC1C2CNCC21)c1c(F)cccc1Br. The Morgan fingerprint density at radius 3 is 2.67 bits per heavy atom. The molecule has 2 atom stereocenters. The van der Waals surface area contributed by atoms with Crippen LogP contribution in [0, 0.1) is 17.7 Å². The van der Waals surface area contributed by atoms with Crippen LogP contribution in [0.5, 0.6) is 0 Å². The Balaban J connectivity index is 0.00000120. The van der Waals surface area contributed by atoms with Gasteiger partial charge in [-0.25, -0.2) is 4.39 Å². The summed E-state index contributed by atoms with van der Waals surface area (Å²) in [5, 5.41) is 6.16. The van der Waals surface area contributed by atoms with E-state index in [0.29, 0.717) is 16.3 Å². The number of hydrogen-bond donors (Lipinski definition) is 2. The first-order valence-corrected chi connectivity index (χ1v) is 6.43. The maximum atomic E-state index is 13.6. The van der Waals surface area contributed by atoms with E-state index in [1.807, 2.05) is 0 Å². The molecule has 1 heterocycles. The van der Waals surface area contributed by atoms with Gasteiger partial charge in [0.15, 0.2) is 0 Å². The van der Waals surface area contributed by atoms with Crippen LogP contribution >= 0.6 is 28.3 Å². The van der Waals surface area contributed by atoms with Gasteiger partial charge in [0.05, 0.1) is 5.56 Å². The fourth-order valence-electron chi connectivity index (χ4n) is 2.57. The standard InChI is InChI=1S/C12H12BrFN2O.ClH/c13-8-2-1-3-9(14)10(8)12(17)16-11-6-4-15-5-7(6)11;/h1-3,6-7,11,15H,4-5H2,(H,16,17);1H. The quantitative estimate of drug-likeness (QED) is 0.867. The van der Waals surface area contributed by atoms with Gasteiger partial charge in [-0.3, -0.25) is 4.79 Å². The van der Waals surface area contributed by atoms with Crippen LogP contribution in [0.3, 0.4) is 0 Å². The van der Waals surface area contributed by atoms with Crippen molar-refractivity contribution in [1.29, 1.82) is 0 Å². The molecule has 0 spiro atoms. The molecule has 0 radical (unpaired) electrons. The lowest BCUT2D eigenvalue weighted by Crippen LogP contribution is -2.33. The summed E-state index contributed by atoms with van der Waals surface area (Å²) in [6, 6.07) is 4.77. The lowest BCUT2D eigenvalue weighted by atomic mass is 10.2. The van der Waals surface area contributed by atoms with Crippen LogP contribution in [0.15, 0.2) is 22.7 Å². The number of nitrogens with one attached hydrogen (secondary N) is 2. The number of carbonyl (C=O) groups excluding carboxylic acids is 1. The summed E-state index contributed by atoms with van der Waals surface area (Å²) in [5.74, 6) is 0.254. The minimum absolute atomic E-state index is 0. The Morgan fingerprint density at radius 2 is 2.06 bits per heavy atom. The zero-order valence-electron chi connectivity index (χ0n) is 9.45. The second-order valence-corrected chi connectivity index (χ2v) is 5.44. The molecule has 1 saturated carbocycles. The maximum absolute atomic E-state index is 13.6. The Bertz CT molecular complexity index is 455. The largest absolute Gasteiger partial charge is 0.348 e. The first-order chi connectivity index (χ1) is 8.18. The molecule has 3 rings (SSSR count). The predicted octanol–water partition coefficient (Wildman–Crippen LogP) is 1.96. The fraction of sp³-hybridized carbons (Fsp3) is 0.417. The van der Waals surface area contributed by atoms with Gasteiger partial charge in [-0.05, 0) is 39.9 Å². The van der Waals surface area contributed by atoms with E-state index in [4.69, 9.17) is 0 Å².